The van der Waals surface area contributed by atoms with Crippen LogP contribution in [0.15, 0.2) is 0 Å². The predicted octanol–water partition coefficient (Wildman–Crippen LogP) is 2.79. The molecule has 52 valence electrons. The van der Waals surface area contributed by atoms with Crippen LogP contribution in [0.1, 0.15) is 20.3 Å². The summed E-state index contributed by atoms with van der Waals surface area (Å²) in [4.78, 5) is 0. The van der Waals surface area contributed by atoms with Gasteiger partial charge in [0.1, 0.15) is 0 Å². The molecule has 1 aliphatic heterocycles. The Balaban J connectivity index is 1.98. The predicted molar refractivity (Wildman–Crippen MR) is 45.7 cm³/mol. The molecule has 2 fully saturated rings. The largest absolute Gasteiger partial charge is 0.0901 e. The fraction of sp³-hybridized carbons (Fsp3) is 1.00. The molecule has 0 nitrogen and oxygen atoms in total. The maximum atomic E-state index is 2.35. The van der Waals surface area contributed by atoms with Gasteiger partial charge in [-0.1, -0.05) is 35.4 Å². The normalized spacial score (nSPS) is 47.7. The quantitative estimate of drug-likeness (QED) is 0.541. The lowest BCUT2D eigenvalue weighted by atomic mass is 10.1. The van der Waals surface area contributed by atoms with Crippen LogP contribution in [0.3, 0.4) is 0 Å². The van der Waals surface area contributed by atoms with E-state index in [-0.39, 0.29) is 0 Å². The Kier molecular flexibility index (Phi) is 1.49. The van der Waals surface area contributed by atoms with E-state index in [1.165, 1.54) is 6.42 Å². The first-order valence-electron chi connectivity index (χ1n) is 3.61. The molecule has 0 bridgehead atoms. The van der Waals surface area contributed by atoms with Crippen LogP contribution in [-0.2, 0) is 0 Å². The summed E-state index contributed by atoms with van der Waals surface area (Å²) in [5.41, 5.74) is 0. The minimum Gasteiger partial charge on any atom is -0.0901 e. The highest BCUT2D eigenvalue weighted by Crippen LogP contribution is 2.62. The summed E-state index contributed by atoms with van der Waals surface area (Å²) in [5, 5.41) is 2.04. The maximum absolute atomic E-state index is 2.35. The monoisotopic (exact) mass is 160 g/mol. The van der Waals surface area contributed by atoms with Crippen LogP contribution in [-0.4, -0.2) is 10.5 Å². The molecule has 3 atom stereocenters. The van der Waals surface area contributed by atoms with Crippen LogP contribution in [0, 0.1) is 11.8 Å². The van der Waals surface area contributed by atoms with Gasteiger partial charge in [-0.25, -0.2) is 0 Å². The van der Waals surface area contributed by atoms with E-state index in [2.05, 4.69) is 35.4 Å². The Labute approximate surface area is 64.6 Å². The van der Waals surface area contributed by atoms with Crippen molar-refractivity contribution in [2.75, 3.05) is 0 Å². The number of fused-ring (bicyclic) bond motifs is 1. The minimum absolute atomic E-state index is 0.903. The minimum atomic E-state index is 0.903. The fourth-order valence-electron chi connectivity index (χ4n) is 1.46. The van der Waals surface area contributed by atoms with E-state index in [0.29, 0.717) is 0 Å². The standard InChI is InChI=1S/C7H12S2/c1-4(2)7-5-3-6(5)8-9-7/h4-7H,3H2,1-2H3. The summed E-state index contributed by atoms with van der Waals surface area (Å²) in [6, 6.07) is 0. The van der Waals surface area contributed by atoms with E-state index in [9.17, 15) is 0 Å². The van der Waals surface area contributed by atoms with Crippen LogP contribution in [0.25, 0.3) is 0 Å². The third-order valence-corrected chi connectivity index (χ3v) is 5.91. The molecule has 9 heavy (non-hydrogen) atoms. The van der Waals surface area contributed by atoms with Crippen molar-refractivity contribution in [2.45, 2.75) is 30.8 Å². The highest BCUT2D eigenvalue weighted by molar-refractivity contribution is 8.77. The molecule has 3 unspecified atom stereocenters. The molecule has 0 aromatic carbocycles. The van der Waals surface area contributed by atoms with Gasteiger partial charge in [0.25, 0.3) is 0 Å². The second kappa shape index (κ2) is 2.09. The molecular formula is C7H12S2. The van der Waals surface area contributed by atoms with E-state index >= 15 is 0 Å². The van der Waals surface area contributed by atoms with Gasteiger partial charge in [0.05, 0.1) is 0 Å². The molecule has 0 aromatic rings. The zero-order chi connectivity index (χ0) is 6.43. The van der Waals surface area contributed by atoms with Crippen LogP contribution in [0.2, 0.25) is 0 Å². The van der Waals surface area contributed by atoms with Gasteiger partial charge in [0, 0.05) is 10.5 Å². The molecule has 0 radical (unpaired) electrons. The van der Waals surface area contributed by atoms with Crippen molar-refractivity contribution in [3.63, 3.8) is 0 Å². The molecule has 1 saturated heterocycles. The van der Waals surface area contributed by atoms with Gasteiger partial charge in [-0.2, -0.15) is 0 Å². The smallest absolute Gasteiger partial charge is 0.0214 e. The maximum Gasteiger partial charge on any atom is 0.0214 e. The molecule has 2 rings (SSSR count). The van der Waals surface area contributed by atoms with Gasteiger partial charge >= 0.3 is 0 Å². The lowest BCUT2D eigenvalue weighted by molar-refractivity contribution is 0.566. The van der Waals surface area contributed by atoms with Gasteiger partial charge in [0.2, 0.25) is 0 Å². The van der Waals surface area contributed by atoms with Crippen molar-refractivity contribution in [1.82, 2.24) is 0 Å². The van der Waals surface area contributed by atoms with Crippen molar-refractivity contribution in [1.29, 1.82) is 0 Å². The average molecular weight is 160 g/mol. The Bertz CT molecular complexity index is 122. The summed E-state index contributed by atoms with van der Waals surface area (Å²) in [7, 11) is 4.25. The molecule has 2 aliphatic rings. The van der Waals surface area contributed by atoms with Crippen LogP contribution in [0.5, 0.6) is 0 Å². The van der Waals surface area contributed by atoms with Gasteiger partial charge in [-0.05, 0) is 18.3 Å². The molecule has 1 aliphatic carbocycles. The van der Waals surface area contributed by atoms with E-state index in [0.717, 1.165) is 22.3 Å². The molecule has 1 heterocycles. The van der Waals surface area contributed by atoms with E-state index < -0.39 is 0 Å². The van der Waals surface area contributed by atoms with Crippen LogP contribution >= 0.6 is 21.6 Å². The van der Waals surface area contributed by atoms with E-state index in [1.807, 2.05) is 0 Å². The van der Waals surface area contributed by atoms with Gasteiger partial charge in [-0.3, -0.25) is 0 Å². The molecule has 0 spiro atoms. The first kappa shape index (κ1) is 6.41. The molecule has 0 aromatic heterocycles. The number of hydrogen-bond acceptors (Lipinski definition) is 2. The summed E-state index contributed by atoms with van der Waals surface area (Å²) in [5.74, 6) is 2.00. The Hall–Kier alpha value is 0.700. The van der Waals surface area contributed by atoms with Crippen molar-refractivity contribution < 1.29 is 0 Å². The van der Waals surface area contributed by atoms with Crippen molar-refractivity contribution in [2.24, 2.45) is 11.8 Å². The number of rotatable bonds is 1. The molecule has 2 heteroatoms. The summed E-state index contributed by atoms with van der Waals surface area (Å²) in [6.07, 6.45) is 1.51. The van der Waals surface area contributed by atoms with Crippen molar-refractivity contribution in [3.8, 4) is 0 Å². The second-order valence-electron chi connectivity index (χ2n) is 3.34. The lowest BCUT2D eigenvalue weighted by Crippen LogP contribution is -2.10. The molecule has 1 saturated carbocycles. The number of hydrogen-bond donors (Lipinski definition) is 0. The van der Waals surface area contributed by atoms with E-state index in [1.54, 1.807) is 0 Å². The average Bonchev–Trinajstić information content (AvgIpc) is 2.43. The zero-order valence-electron chi connectivity index (χ0n) is 5.83. The fourth-order valence-corrected chi connectivity index (χ4v) is 5.68. The SMILES string of the molecule is CC(C)C1SSC2CC21. The Morgan fingerprint density at radius 3 is 2.33 bits per heavy atom. The topological polar surface area (TPSA) is 0 Å². The van der Waals surface area contributed by atoms with Crippen molar-refractivity contribution >= 4 is 21.6 Å². The van der Waals surface area contributed by atoms with Gasteiger partial charge in [-0.15, -0.1) is 0 Å². The summed E-state index contributed by atoms with van der Waals surface area (Å²) in [6.45, 7) is 4.69. The summed E-state index contributed by atoms with van der Waals surface area (Å²) >= 11 is 0. The van der Waals surface area contributed by atoms with Crippen LogP contribution in [0.4, 0.5) is 0 Å². The molecule has 0 amide bonds. The first-order valence-corrected chi connectivity index (χ1v) is 5.89. The molecule has 0 N–H and O–H groups in total. The van der Waals surface area contributed by atoms with Crippen LogP contribution < -0.4 is 0 Å². The zero-order valence-corrected chi connectivity index (χ0v) is 7.47. The third kappa shape index (κ3) is 1.01. The second-order valence-corrected chi connectivity index (χ2v) is 6.03. The highest BCUT2D eigenvalue weighted by Gasteiger charge is 2.50. The first-order chi connectivity index (χ1) is 4.29. The summed E-state index contributed by atoms with van der Waals surface area (Å²) < 4.78 is 0. The van der Waals surface area contributed by atoms with Gasteiger partial charge < -0.3 is 0 Å². The van der Waals surface area contributed by atoms with E-state index in [4.69, 9.17) is 0 Å². The Morgan fingerprint density at radius 2 is 2.11 bits per heavy atom. The Morgan fingerprint density at radius 1 is 1.33 bits per heavy atom. The van der Waals surface area contributed by atoms with Crippen molar-refractivity contribution in [3.05, 3.63) is 0 Å². The van der Waals surface area contributed by atoms with Gasteiger partial charge in [0.15, 0.2) is 0 Å². The third-order valence-electron chi connectivity index (χ3n) is 2.15. The lowest BCUT2D eigenvalue weighted by Gasteiger charge is -2.13. The highest BCUT2D eigenvalue weighted by atomic mass is 33.1. The molecular weight excluding hydrogens is 148 g/mol.